The molecule has 2 aromatic carbocycles. The van der Waals surface area contributed by atoms with Crippen LogP contribution in [-0.2, 0) is 15.8 Å². The molecular formula is C18H14ClF3N2O2S. The van der Waals surface area contributed by atoms with Gasteiger partial charge in [-0.05, 0) is 30.3 Å². The molecule has 2 amide bonds. The smallest absolute Gasteiger partial charge is 0.326 e. The predicted octanol–water partition coefficient (Wildman–Crippen LogP) is 4.83. The molecule has 0 spiro atoms. The summed E-state index contributed by atoms with van der Waals surface area (Å²) in [4.78, 5) is 26.8. The topological polar surface area (TPSA) is 49.4 Å². The van der Waals surface area contributed by atoms with Crippen LogP contribution in [0.1, 0.15) is 12.0 Å². The van der Waals surface area contributed by atoms with E-state index >= 15 is 0 Å². The molecular weight excluding hydrogens is 401 g/mol. The van der Waals surface area contributed by atoms with Crippen molar-refractivity contribution in [3.8, 4) is 0 Å². The van der Waals surface area contributed by atoms with E-state index in [1.807, 2.05) is 12.1 Å². The van der Waals surface area contributed by atoms with Gasteiger partial charge in [-0.1, -0.05) is 23.7 Å². The van der Waals surface area contributed by atoms with Crippen molar-refractivity contribution in [3.05, 3.63) is 53.1 Å². The molecule has 0 saturated heterocycles. The highest BCUT2D eigenvalue weighted by Gasteiger charge is 2.33. The maximum atomic E-state index is 12.9. The summed E-state index contributed by atoms with van der Waals surface area (Å²) in [5, 5.41) is 1.98. The van der Waals surface area contributed by atoms with Gasteiger partial charge in [0.1, 0.15) is 0 Å². The standard InChI is InChI=1S/C18H14ClF3N2O2S/c19-13-6-5-11(9-12(13)18(20,21)22)23-16(25)7-8-24-14-3-1-2-4-15(14)27-10-17(24)26/h1-6,9H,7-8,10H2,(H,23,25). The third kappa shape index (κ3) is 4.56. The normalized spacial score (nSPS) is 14.1. The zero-order chi connectivity index (χ0) is 19.6. The fourth-order valence-electron chi connectivity index (χ4n) is 2.66. The van der Waals surface area contributed by atoms with Crippen molar-refractivity contribution >= 4 is 46.6 Å². The second-order valence-corrected chi connectivity index (χ2v) is 7.22. The number of halogens is 4. The van der Waals surface area contributed by atoms with Crippen molar-refractivity contribution in [3.63, 3.8) is 0 Å². The molecule has 1 N–H and O–H groups in total. The van der Waals surface area contributed by atoms with Crippen LogP contribution in [0.3, 0.4) is 0 Å². The summed E-state index contributed by atoms with van der Waals surface area (Å²) in [6.07, 6.45) is -4.66. The number of hydrogen-bond acceptors (Lipinski definition) is 3. The fraction of sp³-hybridized carbons (Fsp3) is 0.222. The fourth-order valence-corrected chi connectivity index (χ4v) is 3.82. The third-order valence-electron chi connectivity index (χ3n) is 3.93. The largest absolute Gasteiger partial charge is 0.417 e. The van der Waals surface area contributed by atoms with E-state index in [1.165, 1.54) is 22.7 Å². The van der Waals surface area contributed by atoms with Crippen molar-refractivity contribution in [1.82, 2.24) is 0 Å². The number of fused-ring (bicyclic) bond motifs is 1. The number of nitrogens with zero attached hydrogens (tertiary/aromatic N) is 1. The minimum atomic E-state index is -4.61. The molecule has 4 nitrogen and oxygen atoms in total. The zero-order valence-corrected chi connectivity index (χ0v) is 15.4. The molecule has 0 fully saturated rings. The molecule has 2 aromatic rings. The number of rotatable bonds is 4. The molecule has 3 rings (SSSR count). The van der Waals surface area contributed by atoms with Crippen LogP contribution in [-0.4, -0.2) is 24.1 Å². The zero-order valence-electron chi connectivity index (χ0n) is 13.8. The minimum absolute atomic E-state index is 0.00217. The monoisotopic (exact) mass is 414 g/mol. The van der Waals surface area contributed by atoms with E-state index in [0.717, 1.165) is 22.7 Å². The van der Waals surface area contributed by atoms with Gasteiger partial charge in [-0.25, -0.2) is 0 Å². The van der Waals surface area contributed by atoms with Crippen LogP contribution in [0.2, 0.25) is 5.02 Å². The van der Waals surface area contributed by atoms with Crippen molar-refractivity contribution in [2.24, 2.45) is 0 Å². The first-order valence-corrected chi connectivity index (χ1v) is 9.31. The lowest BCUT2D eigenvalue weighted by Gasteiger charge is -2.28. The van der Waals surface area contributed by atoms with Crippen LogP contribution >= 0.6 is 23.4 Å². The Labute approximate surface area is 162 Å². The summed E-state index contributed by atoms with van der Waals surface area (Å²) in [6, 6.07) is 10.5. The molecule has 9 heteroatoms. The maximum Gasteiger partial charge on any atom is 0.417 e. The van der Waals surface area contributed by atoms with Gasteiger partial charge in [-0.2, -0.15) is 13.2 Å². The Morgan fingerprint density at radius 1 is 1.22 bits per heavy atom. The van der Waals surface area contributed by atoms with E-state index in [2.05, 4.69) is 5.32 Å². The molecule has 0 radical (unpaired) electrons. The van der Waals surface area contributed by atoms with Gasteiger partial charge >= 0.3 is 6.18 Å². The van der Waals surface area contributed by atoms with Gasteiger partial charge in [0.25, 0.3) is 0 Å². The highest BCUT2D eigenvalue weighted by molar-refractivity contribution is 8.00. The van der Waals surface area contributed by atoms with Crippen LogP contribution in [0.15, 0.2) is 47.4 Å². The van der Waals surface area contributed by atoms with Gasteiger partial charge in [0.2, 0.25) is 11.8 Å². The van der Waals surface area contributed by atoms with Crippen molar-refractivity contribution in [2.45, 2.75) is 17.5 Å². The van der Waals surface area contributed by atoms with E-state index in [0.29, 0.717) is 0 Å². The summed E-state index contributed by atoms with van der Waals surface area (Å²) in [6.45, 7) is 0.141. The Hall–Kier alpha value is -2.19. The van der Waals surface area contributed by atoms with E-state index in [4.69, 9.17) is 11.6 Å². The van der Waals surface area contributed by atoms with Gasteiger partial charge < -0.3 is 10.2 Å². The average molecular weight is 415 g/mol. The number of anilines is 2. The lowest BCUT2D eigenvalue weighted by molar-refractivity contribution is -0.137. The number of hydrogen-bond donors (Lipinski definition) is 1. The number of thioether (sulfide) groups is 1. The number of para-hydroxylation sites is 1. The van der Waals surface area contributed by atoms with Gasteiger partial charge in [0.15, 0.2) is 0 Å². The SMILES string of the molecule is O=C(CCN1C(=O)CSc2ccccc21)Nc1ccc(Cl)c(C(F)(F)F)c1. The van der Waals surface area contributed by atoms with Crippen LogP contribution in [0.5, 0.6) is 0 Å². The number of carbonyl (C=O) groups is 2. The first kappa shape index (κ1) is 19.6. The Balaban J connectivity index is 1.67. The van der Waals surface area contributed by atoms with Gasteiger partial charge in [-0.3, -0.25) is 9.59 Å². The molecule has 0 unspecified atom stereocenters. The van der Waals surface area contributed by atoms with E-state index in [1.54, 1.807) is 12.1 Å². The predicted molar refractivity (Wildman–Crippen MR) is 99.2 cm³/mol. The maximum absolute atomic E-state index is 12.9. The molecule has 142 valence electrons. The minimum Gasteiger partial charge on any atom is -0.326 e. The molecule has 27 heavy (non-hydrogen) atoms. The Bertz CT molecular complexity index is 889. The first-order valence-electron chi connectivity index (χ1n) is 7.94. The van der Waals surface area contributed by atoms with E-state index < -0.39 is 22.7 Å². The summed E-state index contributed by atoms with van der Waals surface area (Å²) in [7, 11) is 0. The number of alkyl halides is 3. The Morgan fingerprint density at radius 2 is 1.96 bits per heavy atom. The average Bonchev–Trinajstić information content (AvgIpc) is 2.61. The summed E-state index contributed by atoms with van der Waals surface area (Å²) < 4.78 is 38.7. The van der Waals surface area contributed by atoms with Crippen LogP contribution in [0.4, 0.5) is 24.5 Å². The van der Waals surface area contributed by atoms with E-state index in [9.17, 15) is 22.8 Å². The summed E-state index contributed by atoms with van der Waals surface area (Å²) in [5.41, 5.74) is -0.283. The number of nitrogens with one attached hydrogen (secondary N) is 1. The molecule has 1 aliphatic heterocycles. The summed E-state index contributed by atoms with van der Waals surface area (Å²) in [5.74, 6) is -0.323. The van der Waals surface area contributed by atoms with Crippen molar-refractivity contribution in [2.75, 3.05) is 22.5 Å². The molecule has 0 bridgehead atoms. The summed E-state index contributed by atoms with van der Waals surface area (Å²) >= 11 is 7.00. The highest BCUT2D eigenvalue weighted by Crippen LogP contribution is 2.37. The number of amides is 2. The first-order chi connectivity index (χ1) is 12.8. The highest BCUT2D eigenvalue weighted by atomic mass is 35.5. The van der Waals surface area contributed by atoms with Crippen LogP contribution in [0, 0.1) is 0 Å². The molecule has 1 aliphatic rings. The molecule has 0 saturated carbocycles. The number of benzene rings is 2. The Kier molecular flexibility index (Phi) is 5.67. The lowest BCUT2D eigenvalue weighted by Crippen LogP contribution is -2.37. The van der Waals surface area contributed by atoms with E-state index in [-0.39, 0.29) is 30.3 Å². The van der Waals surface area contributed by atoms with Crippen LogP contribution < -0.4 is 10.2 Å². The molecule has 0 aliphatic carbocycles. The Morgan fingerprint density at radius 3 is 2.70 bits per heavy atom. The second kappa shape index (κ2) is 7.82. The van der Waals surface area contributed by atoms with Crippen LogP contribution in [0.25, 0.3) is 0 Å². The van der Waals surface area contributed by atoms with Gasteiger partial charge in [-0.15, -0.1) is 11.8 Å². The molecule has 0 aromatic heterocycles. The van der Waals surface area contributed by atoms with Gasteiger partial charge in [0, 0.05) is 23.5 Å². The lowest BCUT2D eigenvalue weighted by atomic mass is 10.2. The van der Waals surface area contributed by atoms with Crippen molar-refractivity contribution in [1.29, 1.82) is 0 Å². The van der Waals surface area contributed by atoms with Crippen molar-refractivity contribution < 1.29 is 22.8 Å². The van der Waals surface area contributed by atoms with Gasteiger partial charge in [0.05, 0.1) is 22.0 Å². The second-order valence-electron chi connectivity index (χ2n) is 5.79. The quantitative estimate of drug-likeness (QED) is 0.779. The molecule has 1 heterocycles. The third-order valence-corrected chi connectivity index (χ3v) is 5.30. The molecule has 0 atom stereocenters. The number of carbonyl (C=O) groups excluding carboxylic acids is 2.